The molecule has 1 aromatic carbocycles. The number of pyridine rings is 1. The van der Waals surface area contributed by atoms with Gasteiger partial charge in [0.05, 0.1) is 23.4 Å². The first-order valence-electron chi connectivity index (χ1n) is 9.63. The lowest BCUT2D eigenvalue weighted by atomic mass is 10.0. The third-order valence-corrected chi connectivity index (χ3v) is 4.47. The highest BCUT2D eigenvalue weighted by Gasteiger charge is 2.37. The first-order chi connectivity index (χ1) is 16.3. The van der Waals surface area contributed by atoms with Gasteiger partial charge in [0.15, 0.2) is 11.6 Å². The Balaban J connectivity index is 1.82. The van der Waals surface area contributed by atoms with Crippen molar-refractivity contribution in [3.8, 4) is 11.6 Å². The van der Waals surface area contributed by atoms with E-state index in [0.29, 0.717) is 12.1 Å². The van der Waals surface area contributed by atoms with Crippen LogP contribution in [0.5, 0.6) is 5.75 Å². The Hall–Kier alpha value is -3.78. The molecule has 1 unspecified atom stereocenters. The molecule has 0 fully saturated rings. The molecule has 3 aromatic rings. The maximum Gasteiger partial charge on any atom is 0.416 e. The van der Waals surface area contributed by atoms with Gasteiger partial charge in [-0.05, 0) is 37.3 Å². The van der Waals surface area contributed by atoms with E-state index in [0.717, 1.165) is 17.2 Å². The van der Waals surface area contributed by atoms with Crippen molar-refractivity contribution in [2.75, 3.05) is 6.61 Å². The summed E-state index contributed by atoms with van der Waals surface area (Å²) in [6.07, 6.45) is -10.7. The summed E-state index contributed by atoms with van der Waals surface area (Å²) in [5.41, 5.74) is -4.12. The molecule has 15 heteroatoms. The molecule has 0 radical (unpaired) electrons. The Labute approximate surface area is 191 Å². The first-order valence-corrected chi connectivity index (χ1v) is 9.63. The number of rotatable bonds is 7. The second-order valence-corrected chi connectivity index (χ2v) is 7.07. The number of nitrogens with zero attached hydrogens (tertiary/aromatic N) is 4. The summed E-state index contributed by atoms with van der Waals surface area (Å²) in [5, 5.41) is 6.20. The zero-order valence-electron chi connectivity index (χ0n) is 17.5. The van der Waals surface area contributed by atoms with Crippen LogP contribution in [-0.4, -0.2) is 38.7 Å². The van der Waals surface area contributed by atoms with Crippen LogP contribution in [0, 0.1) is 0 Å². The number of amides is 1. The van der Waals surface area contributed by atoms with Crippen LogP contribution in [0.25, 0.3) is 5.82 Å². The van der Waals surface area contributed by atoms with E-state index in [1.807, 2.05) is 0 Å². The van der Waals surface area contributed by atoms with E-state index in [2.05, 4.69) is 20.4 Å². The number of alkyl halides is 8. The third-order valence-electron chi connectivity index (χ3n) is 4.47. The van der Waals surface area contributed by atoms with Crippen LogP contribution in [0.4, 0.5) is 35.1 Å². The van der Waals surface area contributed by atoms with Gasteiger partial charge in [0.2, 0.25) is 0 Å². The van der Waals surface area contributed by atoms with Gasteiger partial charge < -0.3 is 10.1 Å². The van der Waals surface area contributed by atoms with Gasteiger partial charge in [-0.3, -0.25) is 4.79 Å². The van der Waals surface area contributed by atoms with E-state index in [1.165, 1.54) is 19.1 Å². The monoisotopic (exact) mass is 509 g/mol. The van der Waals surface area contributed by atoms with Crippen molar-refractivity contribution in [2.45, 2.75) is 31.7 Å². The van der Waals surface area contributed by atoms with E-state index >= 15 is 0 Å². The predicted molar refractivity (Wildman–Crippen MR) is 103 cm³/mol. The van der Waals surface area contributed by atoms with Crippen LogP contribution < -0.4 is 10.1 Å². The van der Waals surface area contributed by atoms with Crippen molar-refractivity contribution in [1.29, 1.82) is 0 Å². The van der Waals surface area contributed by atoms with E-state index < -0.39 is 54.0 Å². The molecule has 7 nitrogen and oxygen atoms in total. The number of aromatic nitrogens is 4. The van der Waals surface area contributed by atoms with Crippen LogP contribution in [0.15, 0.2) is 42.9 Å². The largest absolute Gasteiger partial charge is 0.486 e. The van der Waals surface area contributed by atoms with E-state index in [9.17, 15) is 39.9 Å². The molecule has 2 aromatic heterocycles. The molecule has 1 N–H and O–H groups in total. The fourth-order valence-corrected chi connectivity index (χ4v) is 2.90. The van der Waals surface area contributed by atoms with Crippen molar-refractivity contribution in [3.63, 3.8) is 0 Å². The van der Waals surface area contributed by atoms with Crippen LogP contribution in [0.1, 0.15) is 40.3 Å². The molecule has 188 valence electrons. The minimum absolute atomic E-state index is 0.0371. The topological polar surface area (TPSA) is 81.9 Å². The SMILES string of the molecule is CC(NC(=O)c1cc(C(F)(F)F)cc(C(F)(F)F)c1)c1ncnn1-c1ccc(OCC(F)F)cn1. The van der Waals surface area contributed by atoms with Crippen LogP contribution in [0.3, 0.4) is 0 Å². The van der Waals surface area contributed by atoms with Gasteiger partial charge in [-0.2, -0.15) is 36.1 Å². The molecule has 3 rings (SSSR count). The molecule has 0 aliphatic carbocycles. The number of ether oxygens (including phenoxy) is 1. The van der Waals surface area contributed by atoms with Crippen LogP contribution in [0.2, 0.25) is 0 Å². The van der Waals surface area contributed by atoms with Crippen molar-refractivity contribution in [3.05, 3.63) is 65.4 Å². The average molecular weight is 509 g/mol. The van der Waals surface area contributed by atoms with Gasteiger partial charge in [-0.15, -0.1) is 0 Å². The number of benzene rings is 1. The molecular formula is C20H15F8N5O2. The Bertz CT molecular complexity index is 1140. The quantitative estimate of drug-likeness (QED) is 0.462. The summed E-state index contributed by atoms with van der Waals surface area (Å²) in [7, 11) is 0. The summed E-state index contributed by atoms with van der Waals surface area (Å²) in [5.74, 6) is -1.01. The molecule has 35 heavy (non-hydrogen) atoms. The van der Waals surface area contributed by atoms with Crippen molar-refractivity contribution in [2.24, 2.45) is 0 Å². The van der Waals surface area contributed by atoms with Crippen LogP contribution >= 0.6 is 0 Å². The summed E-state index contributed by atoms with van der Waals surface area (Å²) in [6, 6.07) is 2.16. The number of carbonyl (C=O) groups excluding carboxylic acids is 1. The number of hydrogen-bond acceptors (Lipinski definition) is 5. The highest BCUT2D eigenvalue weighted by Crippen LogP contribution is 2.36. The van der Waals surface area contributed by atoms with E-state index in [-0.39, 0.29) is 23.5 Å². The fourth-order valence-electron chi connectivity index (χ4n) is 2.90. The molecule has 1 atom stereocenters. The Morgan fingerprint density at radius 3 is 2.17 bits per heavy atom. The zero-order chi connectivity index (χ0) is 26.0. The molecule has 1 amide bonds. The van der Waals surface area contributed by atoms with Crippen molar-refractivity contribution in [1.82, 2.24) is 25.1 Å². The smallest absolute Gasteiger partial charge is 0.416 e. The second kappa shape index (κ2) is 9.84. The highest BCUT2D eigenvalue weighted by molar-refractivity contribution is 5.94. The Morgan fingerprint density at radius 2 is 1.66 bits per heavy atom. The van der Waals surface area contributed by atoms with Gasteiger partial charge in [-0.1, -0.05) is 0 Å². The number of carbonyl (C=O) groups is 1. The Morgan fingerprint density at radius 1 is 1.03 bits per heavy atom. The maximum atomic E-state index is 13.1. The molecule has 0 saturated carbocycles. The normalized spacial score (nSPS) is 13.1. The summed E-state index contributed by atoms with van der Waals surface area (Å²) in [6.45, 7) is 0.529. The van der Waals surface area contributed by atoms with Crippen molar-refractivity contribution >= 4 is 5.91 Å². The lowest BCUT2D eigenvalue weighted by molar-refractivity contribution is -0.143. The zero-order valence-corrected chi connectivity index (χ0v) is 17.5. The molecule has 0 bridgehead atoms. The summed E-state index contributed by atoms with van der Waals surface area (Å²) in [4.78, 5) is 20.5. The van der Waals surface area contributed by atoms with Crippen LogP contribution in [-0.2, 0) is 12.4 Å². The lowest BCUT2D eigenvalue weighted by Gasteiger charge is -2.17. The van der Waals surface area contributed by atoms with Gasteiger partial charge in [0.25, 0.3) is 12.3 Å². The molecular weight excluding hydrogens is 494 g/mol. The van der Waals surface area contributed by atoms with E-state index in [4.69, 9.17) is 4.74 Å². The standard InChI is InChI=1S/C20H15F8N5O2/c1-10(17-30-9-31-33(17)16-3-2-14(7-29-16)35-8-15(21)22)32-18(34)11-4-12(19(23,24)25)6-13(5-11)20(26,27)28/h2-7,9-10,15H,8H2,1H3,(H,32,34). The minimum atomic E-state index is -5.11. The molecule has 0 spiro atoms. The number of nitrogens with one attached hydrogen (secondary N) is 1. The van der Waals surface area contributed by atoms with Crippen molar-refractivity contribution < 1.29 is 44.7 Å². The lowest BCUT2D eigenvalue weighted by Crippen LogP contribution is -2.29. The highest BCUT2D eigenvalue weighted by atomic mass is 19.4. The Kier molecular flexibility index (Phi) is 7.26. The van der Waals surface area contributed by atoms with Gasteiger partial charge in [0.1, 0.15) is 18.7 Å². The third kappa shape index (κ3) is 6.42. The fraction of sp³-hybridized carbons (Fsp3) is 0.300. The van der Waals surface area contributed by atoms with Gasteiger partial charge in [0, 0.05) is 5.56 Å². The molecule has 0 aliphatic heterocycles. The number of halogens is 8. The predicted octanol–water partition coefficient (Wildman–Crippen LogP) is 4.83. The average Bonchev–Trinajstić information content (AvgIpc) is 3.26. The van der Waals surface area contributed by atoms with Gasteiger partial charge >= 0.3 is 12.4 Å². The van der Waals surface area contributed by atoms with Gasteiger partial charge in [-0.25, -0.2) is 18.7 Å². The number of hydrogen-bond donors (Lipinski definition) is 1. The minimum Gasteiger partial charge on any atom is -0.486 e. The molecule has 2 heterocycles. The summed E-state index contributed by atoms with van der Waals surface area (Å²) < 4.78 is 109. The molecule has 0 aliphatic rings. The molecule has 0 saturated heterocycles. The first kappa shape index (κ1) is 25.8. The maximum absolute atomic E-state index is 13.1. The van der Waals surface area contributed by atoms with E-state index in [1.54, 1.807) is 0 Å². The summed E-state index contributed by atoms with van der Waals surface area (Å²) >= 11 is 0. The second-order valence-electron chi connectivity index (χ2n) is 7.07.